The summed E-state index contributed by atoms with van der Waals surface area (Å²) in [5.41, 5.74) is 1.28. The van der Waals surface area contributed by atoms with Crippen LogP contribution >= 0.6 is 0 Å². The zero-order chi connectivity index (χ0) is 32.1. The molecule has 0 aromatic heterocycles. The summed E-state index contributed by atoms with van der Waals surface area (Å²) in [6.07, 6.45) is 22.9. The molecule has 0 bridgehead atoms. The van der Waals surface area contributed by atoms with Gasteiger partial charge in [-0.2, -0.15) is 8.42 Å². The van der Waals surface area contributed by atoms with Crippen LogP contribution in [0.1, 0.15) is 110 Å². The number of carbonyl (C=O) groups excluding carboxylic acids is 1. The summed E-state index contributed by atoms with van der Waals surface area (Å²) in [5.74, 6) is 0.627. The number of esters is 1. The number of unbranched alkanes of at least 4 members (excludes halogenated alkanes) is 3. The second kappa shape index (κ2) is 18.9. The maximum Gasteiger partial charge on any atom is 0.302 e. The van der Waals surface area contributed by atoms with Crippen LogP contribution in [0.2, 0.25) is 0 Å². The van der Waals surface area contributed by atoms with Crippen LogP contribution in [0.4, 0.5) is 0 Å². The summed E-state index contributed by atoms with van der Waals surface area (Å²) in [7, 11) is -3.56. The van der Waals surface area contributed by atoms with Crippen molar-refractivity contribution in [3.8, 4) is 0 Å². The Kier molecular flexibility index (Phi) is 15.3. The van der Waals surface area contributed by atoms with Crippen LogP contribution in [0, 0.1) is 23.7 Å². The van der Waals surface area contributed by atoms with Gasteiger partial charge in [-0.1, -0.05) is 50.0 Å². The Morgan fingerprint density at radius 1 is 1.02 bits per heavy atom. The fraction of sp³-hybridized carbons (Fsp3) is 0.857. The van der Waals surface area contributed by atoms with Crippen LogP contribution in [0.3, 0.4) is 0 Å². The third kappa shape index (κ3) is 12.7. The van der Waals surface area contributed by atoms with Gasteiger partial charge in [0.25, 0.3) is 10.1 Å². The van der Waals surface area contributed by atoms with Gasteiger partial charge in [-0.05, 0) is 88.9 Å². The number of rotatable bonds is 19. The molecule has 8 atom stereocenters. The fourth-order valence-electron chi connectivity index (χ4n) is 7.34. The van der Waals surface area contributed by atoms with E-state index in [2.05, 4.69) is 25.2 Å². The van der Waals surface area contributed by atoms with Gasteiger partial charge in [-0.3, -0.25) is 8.98 Å². The minimum absolute atomic E-state index is 0.00176. The Morgan fingerprint density at radius 2 is 1.76 bits per heavy atom. The lowest BCUT2D eigenvalue weighted by molar-refractivity contribution is -0.192. The zero-order valence-corrected chi connectivity index (χ0v) is 28.7. The summed E-state index contributed by atoms with van der Waals surface area (Å²) < 4.78 is 59.4. The van der Waals surface area contributed by atoms with E-state index in [4.69, 9.17) is 27.9 Å². The van der Waals surface area contributed by atoms with E-state index >= 15 is 0 Å². The molecule has 3 fully saturated rings. The molecule has 10 heteroatoms. The summed E-state index contributed by atoms with van der Waals surface area (Å²) in [5, 5.41) is 0. The molecule has 1 saturated carbocycles. The summed E-state index contributed by atoms with van der Waals surface area (Å²) >= 11 is 0. The molecule has 0 N–H and O–H groups in total. The third-order valence-corrected chi connectivity index (χ3v) is 10.3. The first-order chi connectivity index (χ1) is 21.7. The number of hydrogen-bond acceptors (Lipinski definition) is 9. The highest BCUT2D eigenvalue weighted by Crippen LogP contribution is 2.51. The predicted molar refractivity (Wildman–Crippen MR) is 173 cm³/mol. The van der Waals surface area contributed by atoms with E-state index < -0.39 is 10.1 Å². The lowest BCUT2D eigenvalue weighted by Crippen LogP contribution is -2.31. The van der Waals surface area contributed by atoms with Crippen molar-refractivity contribution in [3.63, 3.8) is 0 Å². The van der Waals surface area contributed by atoms with Crippen molar-refractivity contribution in [1.82, 2.24) is 0 Å². The summed E-state index contributed by atoms with van der Waals surface area (Å²) in [6.45, 7) is 5.67. The predicted octanol–water partition coefficient (Wildman–Crippen LogP) is 6.85. The molecule has 2 aliphatic heterocycles. The lowest BCUT2D eigenvalue weighted by atomic mass is 9.91. The molecule has 9 nitrogen and oxygen atoms in total. The van der Waals surface area contributed by atoms with Gasteiger partial charge in [0.2, 0.25) is 0 Å². The molecule has 2 heterocycles. The number of allylic oxidation sites excluding steroid dienone is 1. The molecule has 0 radical (unpaired) electrons. The second-order valence-corrected chi connectivity index (χ2v) is 15.1. The number of fused-ring (bicyclic) bond motifs is 1. The van der Waals surface area contributed by atoms with E-state index in [1.165, 1.54) is 25.3 Å². The third-order valence-electron chi connectivity index (χ3n) is 9.69. The molecule has 2 aliphatic carbocycles. The maximum atomic E-state index is 11.9. The maximum absolute atomic E-state index is 11.9. The van der Waals surface area contributed by atoms with E-state index in [1.54, 1.807) is 0 Å². The molecule has 4 rings (SSSR count). The van der Waals surface area contributed by atoms with Crippen molar-refractivity contribution in [1.29, 1.82) is 0 Å². The fourth-order valence-corrected chi connectivity index (χ4v) is 7.75. The number of ether oxygens (including phenoxy) is 5. The summed E-state index contributed by atoms with van der Waals surface area (Å²) in [4.78, 5) is 11.2. The van der Waals surface area contributed by atoms with Crippen LogP contribution in [-0.2, 0) is 42.8 Å². The monoisotopic (exact) mass is 654 g/mol. The molecule has 45 heavy (non-hydrogen) atoms. The van der Waals surface area contributed by atoms with E-state index in [1.807, 2.05) is 0 Å². The van der Waals surface area contributed by atoms with Crippen molar-refractivity contribution in [2.45, 2.75) is 135 Å². The van der Waals surface area contributed by atoms with Gasteiger partial charge in [-0.25, -0.2) is 0 Å². The van der Waals surface area contributed by atoms with Gasteiger partial charge in [0.1, 0.15) is 0 Å². The van der Waals surface area contributed by atoms with Crippen molar-refractivity contribution in [3.05, 3.63) is 23.8 Å². The molecule has 8 unspecified atom stereocenters. The average molecular weight is 655 g/mol. The van der Waals surface area contributed by atoms with E-state index in [-0.39, 0.29) is 49.2 Å². The molecule has 258 valence electrons. The molecule has 0 aromatic rings. The van der Waals surface area contributed by atoms with E-state index in [0.29, 0.717) is 18.4 Å². The number of carbonyl (C=O) groups is 1. The molecule has 0 aromatic carbocycles. The van der Waals surface area contributed by atoms with Crippen LogP contribution in [-0.4, -0.2) is 71.9 Å². The second-order valence-electron chi connectivity index (χ2n) is 13.4. The first-order valence-electron chi connectivity index (χ1n) is 17.6. The van der Waals surface area contributed by atoms with Crippen molar-refractivity contribution >= 4 is 16.1 Å². The van der Waals surface area contributed by atoms with Gasteiger partial charge >= 0.3 is 5.97 Å². The highest BCUT2D eigenvalue weighted by molar-refractivity contribution is 7.85. The Hall–Kier alpha value is -1.30. The highest BCUT2D eigenvalue weighted by Gasteiger charge is 2.46. The first-order valence-corrected chi connectivity index (χ1v) is 19.4. The smallest absolute Gasteiger partial charge is 0.302 e. The molecule has 2 saturated heterocycles. The quantitative estimate of drug-likeness (QED) is 0.0639. The van der Waals surface area contributed by atoms with Crippen LogP contribution in [0.25, 0.3) is 0 Å². The Morgan fingerprint density at radius 3 is 2.42 bits per heavy atom. The highest BCUT2D eigenvalue weighted by atomic mass is 32.2. The Labute approximate surface area is 271 Å². The van der Waals surface area contributed by atoms with E-state index in [0.717, 1.165) is 103 Å². The molecule has 0 amide bonds. The van der Waals surface area contributed by atoms with Gasteiger partial charge in [0.15, 0.2) is 12.6 Å². The Bertz CT molecular complexity index is 1050. The SMILES string of the molecule is CCCCCC(C=CC1C(OC2CCCCO2)CC2CC(C(CCCCOC(C)=O)COS(C)(=O)=O)=CC21)OC1CCCCO1. The molecular weight excluding hydrogens is 596 g/mol. The van der Waals surface area contributed by atoms with Gasteiger partial charge in [-0.15, -0.1) is 0 Å². The number of hydrogen-bond donors (Lipinski definition) is 0. The van der Waals surface area contributed by atoms with E-state index in [9.17, 15) is 13.2 Å². The zero-order valence-electron chi connectivity index (χ0n) is 27.9. The van der Waals surface area contributed by atoms with Crippen molar-refractivity contribution < 1.29 is 41.1 Å². The molecule has 4 aliphatic rings. The normalized spacial score (nSPS) is 30.2. The van der Waals surface area contributed by atoms with Crippen LogP contribution in [0.15, 0.2) is 23.8 Å². The van der Waals surface area contributed by atoms with Crippen LogP contribution < -0.4 is 0 Å². The largest absolute Gasteiger partial charge is 0.466 e. The van der Waals surface area contributed by atoms with Gasteiger partial charge in [0.05, 0.1) is 31.7 Å². The molecule has 0 spiro atoms. The average Bonchev–Trinajstić information content (AvgIpc) is 3.55. The summed E-state index contributed by atoms with van der Waals surface area (Å²) in [6, 6.07) is 0. The van der Waals surface area contributed by atoms with Crippen molar-refractivity contribution in [2.75, 3.05) is 32.7 Å². The van der Waals surface area contributed by atoms with Crippen LogP contribution in [0.5, 0.6) is 0 Å². The Balaban J connectivity index is 1.49. The van der Waals surface area contributed by atoms with Crippen molar-refractivity contribution in [2.24, 2.45) is 23.7 Å². The van der Waals surface area contributed by atoms with Gasteiger partial charge < -0.3 is 23.7 Å². The minimum atomic E-state index is -3.56. The minimum Gasteiger partial charge on any atom is -0.466 e. The lowest BCUT2D eigenvalue weighted by Gasteiger charge is -2.30. The first kappa shape index (κ1) is 36.5. The topological polar surface area (TPSA) is 107 Å². The van der Waals surface area contributed by atoms with Gasteiger partial charge in [0, 0.05) is 32.0 Å². The standard InChI is InChI=1S/C35H58O9S/c1-4-5-6-14-30(43-34-15-8-11-20-40-34)17-18-31-32-23-28(22-29(32)24-33(31)44-35-16-9-12-21-41-35)27(25-42-45(3,37)38)13-7-10-19-39-26(2)36/h17-18,23,27,29-35H,4-16,19-22,24-25H2,1-3H3. The molecular formula is C35H58O9S.